The summed E-state index contributed by atoms with van der Waals surface area (Å²) in [5.74, 6) is 0.680. The average molecular weight is 463 g/mol. The molecule has 1 saturated heterocycles. The molecule has 164 valence electrons. The van der Waals surface area contributed by atoms with E-state index < -0.39 is 11.2 Å². The van der Waals surface area contributed by atoms with Crippen molar-refractivity contribution in [2.24, 2.45) is 7.05 Å². The number of aromatic nitrogens is 4. The number of allylic oxidation sites excluding steroid dienone is 1. The summed E-state index contributed by atoms with van der Waals surface area (Å²) in [7, 11) is 1.61. The third kappa shape index (κ3) is 4.28. The number of rotatable bonds is 5. The number of fused-ring (bicyclic) bond motifs is 1. The monoisotopic (exact) mass is 462 g/mol. The van der Waals surface area contributed by atoms with Crippen molar-refractivity contribution in [2.45, 2.75) is 20.0 Å². The van der Waals surface area contributed by atoms with Crippen LogP contribution in [0.5, 0.6) is 0 Å². The minimum atomic E-state index is -0.476. The maximum absolute atomic E-state index is 12.6. The fourth-order valence-corrected chi connectivity index (χ4v) is 4.21. The van der Waals surface area contributed by atoms with E-state index in [-0.39, 0.29) is 0 Å². The first kappa shape index (κ1) is 21.7. The lowest BCUT2D eigenvalue weighted by atomic mass is 10.2. The zero-order valence-electron chi connectivity index (χ0n) is 17.5. The average Bonchev–Trinajstić information content (AvgIpc) is 3.09. The van der Waals surface area contributed by atoms with Crippen LogP contribution in [-0.4, -0.2) is 50.2 Å². The first-order valence-corrected chi connectivity index (χ1v) is 10.8. The Morgan fingerprint density at radius 2 is 1.87 bits per heavy atom. The number of nitrogens with one attached hydrogen (secondary N) is 1. The largest absolute Gasteiger partial charge is 0.340 e. The number of halogens is 2. The molecule has 0 bridgehead atoms. The summed E-state index contributed by atoms with van der Waals surface area (Å²) in [6.45, 7) is 10.3. The van der Waals surface area contributed by atoms with Gasteiger partial charge < -0.3 is 9.47 Å². The van der Waals surface area contributed by atoms with Gasteiger partial charge in [-0.15, -0.1) is 0 Å². The molecule has 0 spiro atoms. The minimum absolute atomic E-state index is 0.378. The molecule has 10 heteroatoms. The number of piperazine rings is 1. The molecule has 0 amide bonds. The zero-order chi connectivity index (χ0) is 22.3. The number of aryl methyl sites for hydroxylation is 1. The van der Waals surface area contributed by atoms with Crippen molar-refractivity contribution in [1.29, 1.82) is 0 Å². The number of H-pyrrole nitrogens is 1. The summed E-state index contributed by atoms with van der Waals surface area (Å²) in [5, 5.41) is 1.11. The lowest BCUT2D eigenvalue weighted by Gasteiger charge is -2.35. The van der Waals surface area contributed by atoms with Crippen molar-refractivity contribution in [3.05, 3.63) is 66.8 Å². The van der Waals surface area contributed by atoms with Crippen LogP contribution in [-0.2, 0) is 20.1 Å². The van der Waals surface area contributed by atoms with Crippen molar-refractivity contribution in [3.63, 3.8) is 0 Å². The number of hydrogen-bond acceptors (Lipinski definition) is 5. The van der Waals surface area contributed by atoms with Crippen LogP contribution in [0, 0.1) is 0 Å². The smallest absolute Gasteiger partial charge is 0.329 e. The maximum atomic E-state index is 12.6. The molecule has 0 unspecified atom stereocenters. The molecule has 1 aliphatic heterocycles. The van der Waals surface area contributed by atoms with Crippen molar-refractivity contribution >= 4 is 40.3 Å². The molecule has 0 atom stereocenters. The molecule has 31 heavy (non-hydrogen) atoms. The maximum Gasteiger partial charge on any atom is 0.329 e. The molecule has 1 aromatic carbocycles. The van der Waals surface area contributed by atoms with Gasteiger partial charge >= 0.3 is 5.69 Å². The normalized spacial score (nSPS) is 15.0. The summed E-state index contributed by atoms with van der Waals surface area (Å²) < 4.78 is 3.22. The predicted octanol–water partition coefficient (Wildman–Crippen LogP) is 2.63. The molecular weight excluding hydrogens is 439 g/mol. The van der Waals surface area contributed by atoms with Gasteiger partial charge in [-0.3, -0.25) is 19.2 Å². The molecule has 1 N–H and O–H groups in total. The Bertz CT molecular complexity index is 1270. The first-order valence-electron chi connectivity index (χ1n) is 9.99. The zero-order valence-corrected chi connectivity index (χ0v) is 19.0. The third-order valence-corrected chi connectivity index (χ3v) is 6.20. The van der Waals surface area contributed by atoms with Crippen LogP contribution in [0.3, 0.4) is 0 Å². The lowest BCUT2D eigenvalue weighted by molar-refractivity contribution is 0.248. The number of nitrogens with zero attached hydrogens (tertiary/aromatic N) is 5. The second kappa shape index (κ2) is 8.53. The van der Waals surface area contributed by atoms with Crippen LogP contribution in [0.15, 0.2) is 39.9 Å². The molecule has 0 aliphatic carbocycles. The van der Waals surface area contributed by atoms with E-state index in [1.807, 2.05) is 29.7 Å². The fraction of sp³-hybridized carbons (Fsp3) is 0.381. The van der Waals surface area contributed by atoms with Gasteiger partial charge in [-0.05, 0) is 24.6 Å². The van der Waals surface area contributed by atoms with E-state index in [4.69, 9.17) is 23.2 Å². The van der Waals surface area contributed by atoms with Gasteiger partial charge in [-0.2, -0.15) is 4.98 Å². The fourth-order valence-electron chi connectivity index (χ4n) is 3.89. The summed E-state index contributed by atoms with van der Waals surface area (Å²) in [6, 6.07) is 5.70. The van der Waals surface area contributed by atoms with Gasteiger partial charge in [-0.25, -0.2) is 4.79 Å². The molecule has 8 nitrogen and oxygen atoms in total. The van der Waals surface area contributed by atoms with Crippen molar-refractivity contribution in [3.8, 4) is 0 Å². The second-order valence-electron chi connectivity index (χ2n) is 7.96. The number of aromatic amines is 1. The van der Waals surface area contributed by atoms with Gasteiger partial charge in [0, 0.05) is 46.3 Å². The van der Waals surface area contributed by atoms with Crippen LogP contribution in [0.2, 0.25) is 10.0 Å². The lowest BCUT2D eigenvalue weighted by Crippen LogP contribution is -2.46. The summed E-state index contributed by atoms with van der Waals surface area (Å²) >= 11 is 12.2. The van der Waals surface area contributed by atoms with E-state index in [9.17, 15) is 9.59 Å². The SMILES string of the molecule is C=C(C)Cn1c(N2CCN(Cc3ccc(Cl)c(Cl)c3)CC2)nc2c1c(=O)[nH]c(=O)n2C. The van der Waals surface area contributed by atoms with Gasteiger partial charge in [-0.1, -0.05) is 41.4 Å². The second-order valence-corrected chi connectivity index (χ2v) is 8.77. The van der Waals surface area contributed by atoms with E-state index in [1.54, 1.807) is 7.05 Å². The summed E-state index contributed by atoms with van der Waals surface area (Å²) in [6.07, 6.45) is 0. The third-order valence-electron chi connectivity index (χ3n) is 5.46. The standard InChI is InChI=1S/C21H24Cl2N6O2/c1-13(2)11-29-17-18(26(3)21(31)25-19(17)30)24-20(29)28-8-6-27(7-9-28)12-14-4-5-15(22)16(23)10-14/h4-5,10H,1,6-9,11-12H2,2-3H3,(H,25,30,31). The molecule has 3 aromatic rings. The van der Waals surface area contributed by atoms with E-state index in [0.717, 1.165) is 43.9 Å². The molecule has 2 aromatic heterocycles. The van der Waals surface area contributed by atoms with E-state index >= 15 is 0 Å². The summed E-state index contributed by atoms with van der Waals surface area (Å²) in [4.78, 5) is 36.1. The minimum Gasteiger partial charge on any atom is -0.340 e. The summed E-state index contributed by atoms with van der Waals surface area (Å²) in [5.41, 5.74) is 1.86. The number of hydrogen-bond donors (Lipinski definition) is 1. The van der Waals surface area contributed by atoms with Crippen molar-refractivity contribution in [2.75, 3.05) is 31.1 Å². The molecule has 0 saturated carbocycles. The van der Waals surface area contributed by atoms with Gasteiger partial charge in [0.05, 0.1) is 10.0 Å². The number of anilines is 1. The van der Waals surface area contributed by atoms with Crippen molar-refractivity contribution in [1.82, 2.24) is 24.0 Å². The number of imidazole rings is 1. The van der Waals surface area contributed by atoms with Crippen LogP contribution in [0.4, 0.5) is 5.95 Å². The highest BCUT2D eigenvalue weighted by atomic mass is 35.5. The van der Waals surface area contributed by atoms with Gasteiger partial charge in [0.1, 0.15) is 0 Å². The Labute approximate surface area is 189 Å². The van der Waals surface area contributed by atoms with Crippen LogP contribution < -0.4 is 16.1 Å². The highest BCUT2D eigenvalue weighted by Crippen LogP contribution is 2.25. The quantitative estimate of drug-likeness (QED) is 0.589. The Balaban J connectivity index is 1.59. The van der Waals surface area contributed by atoms with Gasteiger partial charge in [0.2, 0.25) is 5.95 Å². The molecular formula is C21H24Cl2N6O2. The number of benzene rings is 1. The van der Waals surface area contributed by atoms with E-state index in [0.29, 0.717) is 33.7 Å². The van der Waals surface area contributed by atoms with E-state index in [2.05, 4.69) is 26.3 Å². The van der Waals surface area contributed by atoms with Crippen LogP contribution in [0.1, 0.15) is 12.5 Å². The highest BCUT2D eigenvalue weighted by molar-refractivity contribution is 6.42. The van der Waals surface area contributed by atoms with Crippen LogP contribution in [0.25, 0.3) is 11.2 Å². The topological polar surface area (TPSA) is 79.2 Å². The molecule has 1 aliphatic rings. The van der Waals surface area contributed by atoms with Crippen molar-refractivity contribution < 1.29 is 0 Å². The highest BCUT2D eigenvalue weighted by Gasteiger charge is 2.25. The first-order chi connectivity index (χ1) is 14.7. The van der Waals surface area contributed by atoms with E-state index in [1.165, 1.54) is 4.57 Å². The molecule has 3 heterocycles. The van der Waals surface area contributed by atoms with Gasteiger partial charge in [0.25, 0.3) is 5.56 Å². The molecule has 0 radical (unpaired) electrons. The Morgan fingerprint density at radius 3 is 2.52 bits per heavy atom. The Morgan fingerprint density at radius 1 is 1.16 bits per heavy atom. The Kier molecular flexibility index (Phi) is 5.96. The van der Waals surface area contributed by atoms with Crippen LogP contribution >= 0.6 is 23.2 Å². The molecule has 1 fully saturated rings. The molecule has 4 rings (SSSR count). The Hall–Kier alpha value is -2.55. The van der Waals surface area contributed by atoms with Gasteiger partial charge in [0.15, 0.2) is 11.2 Å². The predicted molar refractivity (Wildman–Crippen MR) is 124 cm³/mol.